The zero-order valence-corrected chi connectivity index (χ0v) is 8.61. The maximum atomic E-state index is 10.6. The molecule has 0 fully saturated rings. The first-order chi connectivity index (χ1) is 6.72. The summed E-state index contributed by atoms with van der Waals surface area (Å²) in [6.07, 6.45) is 0. The van der Waals surface area contributed by atoms with Crippen molar-refractivity contribution in [3.8, 4) is 0 Å². The number of aromatic nitrogens is 1. The number of hydrogen-bond acceptors (Lipinski definition) is 3. The van der Waals surface area contributed by atoms with E-state index in [1.165, 1.54) is 0 Å². The number of aromatic carboxylic acids is 1. The second-order valence-corrected chi connectivity index (χ2v) is 3.28. The molecule has 1 heterocycles. The number of oxazole rings is 1. The summed E-state index contributed by atoms with van der Waals surface area (Å²) in [5, 5.41) is 9.30. The van der Waals surface area contributed by atoms with Gasteiger partial charge in [0.05, 0.1) is 0 Å². The van der Waals surface area contributed by atoms with Crippen LogP contribution in [-0.4, -0.2) is 16.1 Å². The average molecular weight is 256 g/mol. The summed E-state index contributed by atoms with van der Waals surface area (Å²) in [4.78, 5) is 14.5. The molecule has 0 aliphatic carbocycles. The van der Waals surface area contributed by atoms with Crippen molar-refractivity contribution in [2.45, 2.75) is 5.33 Å². The minimum absolute atomic E-state index is 0.270. The van der Waals surface area contributed by atoms with Crippen molar-refractivity contribution in [1.82, 2.24) is 4.98 Å². The zero-order chi connectivity index (χ0) is 10.1. The van der Waals surface area contributed by atoms with Crippen LogP contribution in [0.2, 0.25) is 0 Å². The van der Waals surface area contributed by atoms with Crippen LogP contribution in [0.4, 0.5) is 0 Å². The molecule has 0 bridgehead atoms. The van der Waals surface area contributed by atoms with Crippen LogP contribution in [0, 0.1) is 0 Å². The van der Waals surface area contributed by atoms with Crippen LogP contribution < -0.4 is 0 Å². The summed E-state index contributed by atoms with van der Waals surface area (Å²) in [5.74, 6) is -1.42. The maximum absolute atomic E-state index is 10.6. The van der Waals surface area contributed by atoms with Gasteiger partial charge in [-0.05, 0) is 11.6 Å². The van der Waals surface area contributed by atoms with Crippen molar-refractivity contribution in [2.75, 3.05) is 0 Å². The quantitative estimate of drug-likeness (QED) is 0.838. The molecule has 14 heavy (non-hydrogen) atoms. The van der Waals surface area contributed by atoms with Gasteiger partial charge in [-0.15, -0.1) is 0 Å². The van der Waals surface area contributed by atoms with E-state index in [0.717, 1.165) is 5.56 Å². The molecule has 0 aliphatic rings. The largest absolute Gasteiger partial charge is 0.474 e. The molecule has 4 nitrogen and oxygen atoms in total. The third-order valence-electron chi connectivity index (χ3n) is 1.83. The molecule has 0 amide bonds. The molecular formula is C9H6BrNO3. The van der Waals surface area contributed by atoms with Crippen molar-refractivity contribution >= 4 is 33.0 Å². The highest BCUT2D eigenvalue weighted by Crippen LogP contribution is 2.21. The van der Waals surface area contributed by atoms with E-state index in [1.807, 2.05) is 6.07 Å². The third kappa shape index (κ3) is 1.39. The topological polar surface area (TPSA) is 63.3 Å². The van der Waals surface area contributed by atoms with Gasteiger partial charge in [0.2, 0.25) is 0 Å². The number of carbonyl (C=O) groups is 1. The molecule has 72 valence electrons. The number of nitrogens with zero attached hydrogens (tertiary/aromatic N) is 1. The van der Waals surface area contributed by atoms with Gasteiger partial charge in [-0.2, -0.15) is 0 Å². The van der Waals surface area contributed by atoms with Gasteiger partial charge >= 0.3 is 11.9 Å². The first-order valence-electron chi connectivity index (χ1n) is 3.90. The normalized spacial score (nSPS) is 10.6. The Kier molecular flexibility index (Phi) is 2.25. The zero-order valence-electron chi connectivity index (χ0n) is 7.03. The number of alkyl halides is 1. The lowest BCUT2D eigenvalue weighted by molar-refractivity contribution is 0.0656. The number of rotatable bonds is 2. The van der Waals surface area contributed by atoms with E-state index < -0.39 is 5.97 Å². The molecule has 5 heteroatoms. The van der Waals surface area contributed by atoms with Gasteiger partial charge < -0.3 is 9.52 Å². The van der Waals surface area contributed by atoms with Crippen LogP contribution in [-0.2, 0) is 5.33 Å². The third-order valence-corrected chi connectivity index (χ3v) is 2.43. The molecule has 2 rings (SSSR count). The van der Waals surface area contributed by atoms with Gasteiger partial charge in [0.25, 0.3) is 0 Å². The van der Waals surface area contributed by atoms with Crippen molar-refractivity contribution in [1.29, 1.82) is 0 Å². The second-order valence-electron chi connectivity index (χ2n) is 2.72. The smallest absolute Gasteiger partial charge is 0.392 e. The standard InChI is InChI=1S/C9H6BrNO3/c10-4-5-2-1-3-6-7(5)11-8(14-6)9(12)13/h1-3H,4H2,(H,12,13). The Morgan fingerprint density at radius 3 is 3.00 bits per heavy atom. The van der Waals surface area contributed by atoms with E-state index in [0.29, 0.717) is 16.4 Å². The summed E-state index contributed by atoms with van der Waals surface area (Å²) in [6, 6.07) is 5.36. The number of benzene rings is 1. The van der Waals surface area contributed by atoms with Crippen LogP contribution in [0.15, 0.2) is 22.6 Å². The Morgan fingerprint density at radius 2 is 2.36 bits per heavy atom. The van der Waals surface area contributed by atoms with E-state index in [-0.39, 0.29) is 5.89 Å². The van der Waals surface area contributed by atoms with Gasteiger partial charge in [-0.3, -0.25) is 0 Å². The van der Waals surface area contributed by atoms with Gasteiger partial charge in [-0.25, -0.2) is 9.78 Å². The number of carboxylic acids is 1. The molecule has 1 aromatic carbocycles. The van der Waals surface area contributed by atoms with Gasteiger partial charge in [-0.1, -0.05) is 28.1 Å². The van der Waals surface area contributed by atoms with Crippen LogP contribution in [0.3, 0.4) is 0 Å². The highest BCUT2D eigenvalue weighted by atomic mass is 79.9. The van der Waals surface area contributed by atoms with Crippen molar-refractivity contribution < 1.29 is 14.3 Å². The Hall–Kier alpha value is -1.36. The molecular weight excluding hydrogens is 250 g/mol. The fourth-order valence-corrected chi connectivity index (χ4v) is 1.66. The predicted molar refractivity (Wildman–Crippen MR) is 53.6 cm³/mol. The molecule has 2 aromatic rings. The van der Waals surface area contributed by atoms with E-state index in [9.17, 15) is 4.79 Å². The minimum atomic E-state index is -1.15. The van der Waals surface area contributed by atoms with Crippen molar-refractivity contribution in [2.24, 2.45) is 0 Å². The fraction of sp³-hybridized carbons (Fsp3) is 0.111. The van der Waals surface area contributed by atoms with Crippen LogP contribution >= 0.6 is 15.9 Å². The van der Waals surface area contributed by atoms with Crippen LogP contribution in [0.1, 0.15) is 16.2 Å². The first-order valence-corrected chi connectivity index (χ1v) is 5.02. The maximum Gasteiger partial charge on any atom is 0.392 e. The molecule has 0 spiro atoms. The number of carboxylic acid groups (broad SMARTS) is 1. The molecule has 0 atom stereocenters. The SMILES string of the molecule is O=C(O)c1nc2c(CBr)cccc2o1. The molecule has 0 aliphatic heterocycles. The number of halogens is 1. The van der Waals surface area contributed by atoms with E-state index in [4.69, 9.17) is 9.52 Å². The highest BCUT2D eigenvalue weighted by Gasteiger charge is 2.13. The van der Waals surface area contributed by atoms with Gasteiger partial charge in [0.1, 0.15) is 5.52 Å². The van der Waals surface area contributed by atoms with Crippen LogP contribution in [0.25, 0.3) is 11.1 Å². The summed E-state index contributed by atoms with van der Waals surface area (Å²) >= 11 is 3.30. The van der Waals surface area contributed by atoms with Crippen LogP contribution in [0.5, 0.6) is 0 Å². The average Bonchev–Trinajstić information content (AvgIpc) is 2.60. The first kappa shape index (κ1) is 9.21. The Balaban J connectivity index is 2.70. The monoisotopic (exact) mass is 255 g/mol. The van der Waals surface area contributed by atoms with Gasteiger partial charge in [0.15, 0.2) is 5.58 Å². The number of fused-ring (bicyclic) bond motifs is 1. The number of hydrogen-bond donors (Lipinski definition) is 1. The lowest BCUT2D eigenvalue weighted by atomic mass is 10.2. The van der Waals surface area contributed by atoms with E-state index >= 15 is 0 Å². The van der Waals surface area contributed by atoms with Crippen molar-refractivity contribution in [3.63, 3.8) is 0 Å². The van der Waals surface area contributed by atoms with Gasteiger partial charge in [0, 0.05) is 5.33 Å². The highest BCUT2D eigenvalue weighted by molar-refractivity contribution is 9.08. The lowest BCUT2D eigenvalue weighted by Gasteiger charge is -1.92. The molecule has 0 unspecified atom stereocenters. The fourth-order valence-electron chi connectivity index (χ4n) is 1.20. The summed E-state index contributed by atoms with van der Waals surface area (Å²) in [7, 11) is 0. The minimum Gasteiger partial charge on any atom is -0.474 e. The molecule has 1 aromatic heterocycles. The summed E-state index contributed by atoms with van der Waals surface area (Å²) in [6.45, 7) is 0. The second kappa shape index (κ2) is 3.42. The molecule has 0 saturated carbocycles. The van der Waals surface area contributed by atoms with E-state index in [2.05, 4.69) is 20.9 Å². The Morgan fingerprint density at radius 1 is 1.57 bits per heavy atom. The molecule has 0 radical (unpaired) electrons. The Bertz CT molecular complexity index is 492. The summed E-state index contributed by atoms with van der Waals surface area (Å²) in [5.41, 5.74) is 2.01. The van der Waals surface area contributed by atoms with E-state index in [1.54, 1.807) is 12.1 Å². The molecule has 1 N–H and O–H groups in total. The summed E-state index contributed by atoms with van der Waals surface area (Å²) < 4.78 is 5.04. The Labute approximate surface area is 87.7 Å². The lowest BCUT2D eigenvalue weighted by Crippen LogP contribution is -1.95. The molecule has 0 saturated heterocycles. The predicted octanol–water partition coefficient (Wildman–Crippen LogP) is 2.42. The number of para-hydroxylation sites is 1. The van der Waals surface area contributed by atoms with Crippen molar-refractivity contribution in [3.05, 3.63) is 29.7 Å².